The third-order valence-electron chi connectivity index (χ3n) is 2.82. The van der Waals surface area contributed by atoms with Crippen molar-refractivity contribution in [2.24, 2.45) is 0 Å². The number of carbonyl (C=O) groups excluding carboxylic acids is 2. The molecular weight excluding hydrogens is 347 g/mol. The van der Waals surface area contributed by atoms with Gasteiger partial charge in [-0.05, 0) is 25.1 Å². The standard InChI is InChI=1S/C14H12Cl2N2O3S/c1-7-11(6-12(19)21-2)22-14(17-7)18-13(20)9-4-3-8(15)5-10(9)16/h3-5H,6H2,1-2H3,(H,17,18,20). The third kappa shape index (κ3) is 3.97. The van der Waals surface area contributed by atoms with Crippen LogP contribution in [-0.4, -0.2) is 24.0 Å². The number of ether oxygens (including phenoxy) is 1. The highest BCUT2D eigenvalue weighted by Gasteiger charge is 2.16. The van der Waals surface area contributed by atoms with Gasteiger partial charge in [-0.25, -0.2) is 4.98 Å². The van der Waals surface area contributed by atoms with E-state index in [0.717, 1.165) is 4.88 Å². The first-order chi connectivity index (χ1) is 10.4. The first-order valence-electron chi connectivity index (χ1n) is 6.20. The molecule has 0 aliphatic rings. The minimum absolute atomic E-state index is 0.123. The van der Waals surface area contributed by atoms with Crippen LogP contribution in [0.15, 0.2) is 18.2 Å². The molecule has 8 heteroatoms. The van der Waals surface area contributed by atoms with E-state index in [1.807, 2.05) is 0 Å². The van der Waals surface area contributed by atoms with Crippen LogP contribution in [0.25, 0.3) is 0 Å². The number of rotatable bonds is 4. The molecule has 0 saturated carbocycles. The van der Waals surface area contributed by atoms with E-state index in [0.29, 0.717) is 21.4 Å². The second-order valence-electron chi connectivity index (χ2n) is 4.36. The van der Waals surface area contributed by atoms with Gasteiger partial charge in [0, 0.05) is 9.90 Å². The number of aryl methyl sites for hydroxylation is 1. The Hall–Kier alpha value is -1.63. The summed E-state index contributed by atoms with van der Waals surface area (Å²) in [6.45, 7) is 1.76. The molecule has 0 aliphatic heterocycles. The van der Waals surface area contributed by atoms with Crippen molar-refractivity contribution in [2.45, 2.75) is 13.3 Å². The second kappa shape index (κ2) is 7.09. The van der Waals surface area contributed by atoms with E-state index in [1.54, 1.807) is 13.0 Å². The van der Waals surface area contributed by atoms with Crippen molar-refractivity contribution in [1.82, 2.24) is 4.98 Å². The van der Waals surface area contributed by atoms with Gasteiger partial charge in [0.1, 0.15) is 0 Å². The molecule has 0 saturated heterocycles. The SMILES string of the molecule is COC(=O)Cc1sc(NC(=O)c2ccc(Cl)cc2Cl)nc1C. The van der Waals surface area contributed by atoms with Crippen molar-refractivity contribution in [3.8, 4) is 0 Å². The van der Waals surface area contributed by atoms with Gasteiger partial charge < -0.3 is 4.74 Å². The number of hydrogen-bond donors (Lipinski definition) is 1. The Morgan fingerprint density at radius 3 is 2.73 bits per heavy atom. The molecule has 2 rings (SSSR count). The van der Waals surface area contributed by atoms with Crippen molar-refractivity contribution in [1.29, 1.82) is 0 Å². The van der Waals surface area contributed by atoms with Crippen LogP contribution in [0.5, 0.6) is 0 Å². The van der Waals surface area contributed by atoms with Crippen LogP contribution in [-0.2, 0) is 16.0 Å². The quantitative estimate of drug-likeness (QED) is 0.845. The number of methoxy groups -OCH3 is 1. The summed E-state index contributed by atoms with van der Waals surface area (Å²) in [4.78, 5) is 28.4. The van der Waals surface area contributed by atoms with Gasteiger partial charge in [0.2, 0.25) is 0 Å². The van der Waals surface area contributed by atoms with E-state index in [-0.39, 0.29) is 23.3 Å². The number of thiazole rings is 1. The van der Waals surface area contributed by atoms with E-state index < -0.39 is 0 Å². The first-order valence-corrected chi connectivity index (χ1v) is 7.77. The molecule has 1 heterocycles. The van der Waals surface area contributed by atoms with Gasteiger partial charge >= 0.3 is 5.97 Å². The van der Waals surface area contributed by atoms with Crippen LogP contribution in [0, 0.1) is 6.92 Å². The van der Waals surface area contributed by atoms with Crippen molar-refractivity contribution >= 4 is 51.5 Å². The minimum atomic E-state index is -0.389. The molecule has 22 heavy (non-hydrogen) atoms. The lowest BCUT2D eigenvalue weighted by Gasteiger charge is -2.04. The lowest BCUT2D eigenvalue weighted by Crippen LogP contribution is -2.12. The molecule has 0 atom stereocenters. The number of anilines is 1. The Bertz CT molecular complexity index is 731. The van der Waals surface area contributed by atoms with E-state index in [9.17, 15) is 9.59 Å². The maximum atomic E-state index is 12.2. The monoisotopic (exact) mass is 358 g/mol. The number of aromatic nitrogens is 1. The summed E-state index contributed by atoms with van der Waals surface area (Å²) >= 11 is 13.0. The van der Waals surface area contributed by atoms with Gasteiger partial charge in [-0.3, -0.25) is 14.9 Å². The Morgan fingerprint density at radius 2 is 2.09 bits per heavy atom. The van der Waals surface area contributed by atoms with E-state index in [1.165, 1.54) is 30.6 Å². The second-order valence-corrected chi connectivity index (χ2v) is 6.29. The number of nitrogens with one attached hydrogen (secondary N) is 1. The molecule has 0 unspecified atom stereocenters. The Morgan fingerprint density at radius 1 is 1.36 bits per heavy atom. The average Bonchev–Trinajstić information content (AvgIpc) is 2.78. The van der Waals surface area contributed by atoms with Crippen LogP contribution < -0.4 is 5.32 Å². The summed E-state index contributed by atoms with van der Waals surface area (Å²) in [7, 11) is 1.32. The fourth-order valence-corrected chi connectivity index (χ4v) is 3.12. The molecule has 5 nitrogen and oxygen atoms in total. The smallest absolute Gasteiger partial charge is 0.310 e. The molecule has 1 N–H and O–H groups in total. The first kappa shape index (κ1) is 16.7. The summed E-state index contributed by atoms with van der Waals surface area (Å²) < 4.78 is 4.62. The molecule has 0 spiro atoms. The van der Waals surface area contributed by atoms with Gasteiger partial charge in [-0.1, -0.05) is 23.2 Å². The van der Waals surface area contributed by atoms with E-state index in [4.69, 9.17) is 23.2 Å². The molecule has 1 amide bonds. The van der Waals surface area contributed by atoms with Crippen molar-refractivity contribution in [3.05, 3.63) is 44.4 Å². The van der Waals surface area contributed by atoms with Gasteiger partial charge in [-0.15, -0.1) is 11.3 Å². The van der Waals surface area contributed by atoms with Crippen LogP contribution >= 0.6 is 34.5 Å². The van der Waals surface area contributed by atoms with E-state index >= 15 is 0 Å². The zero-order valence-electron chi connectivity index (χ0n) is 11.8. The molecule has 2 aromatic rings. The maximum absolute atomic E-state index is 12.2. The van der Waals surface area contributed by atoms with Crippen molar-refractivity contribution in [2.75, 3.05) is 12.4 Å². The van der Waals surface area contributed by atoms with Crippen LogP contribution in [0.1, 0.15) is 20.9 Å². The van der Waals surface area contributed by atoms with Gasteiger partial charge in [-0.2, -0.15) is 0 Å². The van der Waals surface area contributed by atoms with Gasteiger partial charge in [0.15, 0.2) is 5.13 Å². The molecule has 1 aromatic heterocycles. The number of carbonyl (C=O) groups is 2. The Balaban J connectivity index is 2.15. The number of amides is 1. The fourth-order valence-electron chi connectivity index (χ4n) is 1.69. The molecule has 0 aliphatic carbocycles. The number of nitrogens with zero attached hydrogens (tertiary/aromatic N) is 1. The molecule has 0 fully saturated rings. The predicted octanol–water partition coefficient (Wildman–Crippen LogP) is 3.73. The lowest BCUT2D eigenvalue weighted by atomic mass is 10.2. The third-order valence-corrected chi connectivity index (χ3v) is 4.44. The summed E-state index contributed by atoms with van der Waals surface area (Å²) in [6, 6.07) is 4.61. The highest BCUT2D eigenvalue weighted by Crippen LogP contribution is 2.26. The zero-order valence-corrected chi connectivity index (χ0v) is 14.1. The summed E-state index contributed by atoms with van der Waals surface area (Å²) in [6.07, 6.45) is 0.123. The summed E-state index contributed by atoms with van der Waals surface area (Å²) in [5, 5.41) is 3.76. The van der Waals surface area contributed by atoms with Crippen LogP contribution in [0.3, 0.4) is 0 Å². The Labute approximate surface area is 141 Å². The zero-order chi connectivity index (χ0) is 16.3. The summed E-state index contributed by atoms with van der Waals surface area (Å²) in [5.41, 5.74) is 0.973. The molecular formula is C14H12Cl2N2O3S. The van der Waals surface area contributed by atoms with Crippen LogP contribution in [0.4, 0.5) is 5.13 Å². The predicted molar refractivity (Wildman–Crippen MR) is 87.0 cm³/mol. The highest BCUT2D eigenvalue weighted by molar-refractivity contribution is 7.16. The topological polar surface area (TPSA) is 68.3 Å². The number of halogens is 2. The van der Waals surface area contributed by atoms with Crippen LogP contribution in [0.2, 0.25) is 10.0 Å². The van der Waals surface area contributed by atoms with Gasteiger partial charge in [0.25, 0.3) is 5.91 Å². The minimum Gasteiger partial charge on any atom is -0.469 e. The molecule has 0 bridgehead atoms. The summed E-state index contributed by atoms with van der Waals surface area (Å²) in [5.74, 6) is -0.745. The Kier molecular flexibility index (Phi) is 5.39. The highest BCUT2D eigenvalue weighted by atomic mass is 35.5. The lowest BCUT2D eigenvalue weighted by molar-refractivity contribution is -0.139. The number of hydrogen-bond acceptors (Lipinski definition) is 5. The number of esters is 1. The molecule has 1 aromatic carbocycles. The molecule has 116 valence electrons. The normalized spacial score (nSPS) is 10.4. The van der Waals surface area contributed by atoms with Crippen molar-refractivity contribution < 1.29 is 14.3 Å². The van der Waals surface area contributed by atoms with Gasteiger partial charge in [0.05, 0.1) is 29.8 Å². The fraction of sp³-hybridized carbons (Fsp3) is 0.214. The van der Waals surface area contributed by atoms with E-state index in [2.05, 4.69) is 15.0 Å². The average molecular weight is 359 g/mol. The maximum Gasteiger partial charge on any atom is 0.310 e. The molecule has 0 radical (unpaired) electrons. The van der Waals surface area contributed by atoms with Crippen molar-refractivity contribution in [3.63, 3.8) is 0 Å². The number of benzene rings is 1. The largest absolute Gasteiger partial charge is 0.469 e.